The number of rotatable bonds is 48. The molecule has 0 aromatic rings. The van der Waals surface area contributed by atoms with Crippen molar-refractivity contribution in [3.05, 3.63) is 0 Å². The van der Waals surface area contributed by atoms with Gasteiger partial charge in [-0.25, -0.2) is 9.36 Å². The topological polar surface area (TPSA) is 169 Å². The van der Waals surface area contributed by atoms with E-state index < -0.39 is 57.6 Å². The van der Waals surface area contributed by atoms with Crippen LogP contribution in [-0.4, -0.2) is 64.9 Å². The van der Waals surface area contributed by atoms with Crippen LogP contribution in [0.5, 0.6) is 0 Å². The third-order valence-electron chi connectivity index (χ3n) is 11.4. The van der Waals surface area contributed by atoms with Gasteiger partial charge in [0.05, 0.1) is 13.2 Å². The van der Waals surface area contributed by atoms with Crippen molar-refractivity contribution in [3.63, 3.8) is 0 Å². The third-order valence-corrected chi connectivity index (χ3v) is 12.3. The van der Waals surface area contributed by atoms with E-state index in [1.807, 2.05) is 0 Å². The Balaban J connectivity index is 3.79. The van der Waals surface area contributed by atoms with Gasteiger partial charge in [0.25, 0.3) is 0 Å². The second kappa shape index (κ2) is 44.1. The summed E-state index contributed by atoms with van der Waals surface area (Å²) in [5.41, 5.74) is 0. The lowest BCUT2D eigenvalue weighted by Gasteiger charge is -2.18. The van der Waals surface area contributed by atoms with E-state index in [0.29, 0.717) is 12.8 Å². The van der Waals surface area contributed by atoms with Gasteiger partial charge in [0.15, 0.2) is 6.04 Å². The molecule has 4 N–H and O–H groups in total. The zero-order chi connectivity index (χ0) is 44.2. The van der Waals surface area contributed by atoms with Crippen LogP contribution in [0.4, 0.5) is 0 Å². The molecule has 3 atom stereocenters. The van der Waals surface area contributed by atoms with Crippen molar-refractivity contribution in [2.75, 3.05) is 19.8 Å². The quantitative estimate of drug-likeness (QED) is 0.0262. The van der Waals surface area contributed by atoms with Gasteiger partial charge < -0.3 is 25.2 Å². The summed E-state index contributed by atoms with van der Waals surface area (Å²) in [6, 6.07) is -1.54. The highest BCUT2D eigenvalue weighted by Gasteiger charge is 2.28. The molecule has 0 spiro atoms. The average Bonchev–Trinajstić information content (AvgIpc) is 3.22. The molecule has 0 rings (SSSR count). The molecule has 356 valence electrons. The Morgan fingerprint density at radius 2 is 0.767 bits per heavy atom. The van der Waals surface area contributed by atoms with Gasteiger partial charge in [-0.1, -0.05) is 232 Å². The summed E-state index contributed by atoms with van der Waals surface area (Å²) in [6.45, 7) is 2.65. The van der Waals surface area contributed by atoms with Crippen LogP contribution in [0, 0.1) is 0 Å². The number of carbonyl (C=O) groups excluding carboxylic acids is 2. The van der Waals surface area contributed by atoms with E-state index in [-0.39, 0.29) is 12.8 Å². The number of phosphoric ester groups is 1. The lowest BCUT2D eigenvalue weighted by molar-refractivity contribution is -0.147. The van der Waals surface area contributed by atoms with E-state index >= 15 is 0 Å². The number of aliphatic hydroxyl groups is 1. The van der Waals surface area contributed by atoms with Crippen LogP contribution < -0.4 is 5.32 Å². The molecular formula is C48H94NO10P. The molecule has 3 unspecified atom stereocenters. The number of esters is 1. The highest BCUT2D eigenvalue weighted by molar-refractivity contribution is 7.47. The van der Waals surface area contributed by atoms with Gasteiger partial charge in [0, 0.05) is 12.8 Å². The number of nitrogens with one attached hydrogen (secondary N) is 1. The Hall–Kier alpha value is -1.52. The standard InChI is InChI=1S/C48H94NO10P/c1-3-5-7-9-11-13-15-17-19-21-23-25-27-29-31-33-35-37-39-46(51)49-45(48(53)54)43-59-60(55,56)58-42-44(50)41-57-47(52)40-38-36-34-32-30-28-26-24-22-20-18-16-14-12-10-8-6-4-2/h44-45,50H,3-43H2,1-2H3,(H,49,51)(H,53,54)(H,55,56). The van der Waals surface area contributed by atoms with Crippen molar-refractivity contribution in [2.24, 2.45) is 0 Å². The van der Waals surface area contributed by atoms with E-state index in [9.17, 15) is 34.1 Å². The highest BCUT2D eigenvalue weighted by Crippen LogP contribution is 2.43. The average molecular weight is 876 g/mol. The van der Waals surface area contributed by atoms with Crippen LogP contribution in [0.3, 0.4) is 0 Å². The summed E-state index contributed by atoms with van der Waals surface area (Å²) in [6.07, 6.45) is 44.1. The van der Waals surface area contributed by atoms with Crippen molar-refractivity contribution in [1.82, 2.24) is 5.32 Å². The molecule has 0 aliphatic heterocycles. The maximum atomic E-state index is 12.3. The Bertz CT molecular complexity index is 1030. The van der Waals surface area contributed by atoms with Crippen LogP contribution in [0.25, 0.3) is 0 Å². The Labute approximate surface area is 367 Å². The summed E-state index contributed by atoms with van der Waals surface area (Å²) >= 11 is 0. The zero-order valence-corrected chi connectivity index (χ0v) is 39.7. The normalized spacial score (nSPS) is 13.5. The summed E-state index contributed by atoms with van der Waals surface area (Å²) in [5, 5.41) is 21.9. The van der Waals surface area contributed by atoms with Crippen molar-refractivity contribution in [1.29, 1.82) is 0 Å². The summed E-state index contributed by atoms with van der Waals surface area (Å²) in [5.74, 6) is -2.35. The first-order valence-corrected chi connectivity index (χ1v) is 26.6. The number of carboxylic acids is 1. The minimum absolute atomic E-state index is 0.153. The van der Waals surface area contributed by atoms with Gasteiger partial charge in [-0.15, -0.1) is 0 Å². The van der Waals surface area contributed by atoms with E-state index in [1.165, 1.54) is 180 Å². The molecule has 1 amide bonds. The number of aliphatic carboxylic acids is 1. The number of aliphatic hydroxyl groups excluding tert-OH is 1. The zero-order valence-electron chi connectivity index (χ0n) is 38.8. The molecule has 0 bridgehead atoms. The predicted molar refractivity (Wildman–Crippen MR) is 245 cm³/mol. The van der Waals surface area contributed by atoms with Gasteiger partial charge in [-0.3, -0.25) is 18.6 Å². The highest BCUT2D eigenvalue weighted by atomic mass is 31.2. The monoisotopic (exact) mass is 876 g/mol. The first-order valence-electron chi connectivity index (χ1n) is 25.1. The summed E-state index contributed by atoms with van der Waals surface area (Å²) in [7, 11) is -4.75. The van der Waals surface area contributed by atoms with Crippen molar-refractivity contribution < 1.29 is 47.8 Å². The molecule has 0 fully saturated rings. The van der Waals surface area contributed by atoms with Crippen LogP contribution in [0.2, 0.25) is 0 Å². The molecule has 0 aromatic heterocycles. The summed E-state index contributed by atoms with van der Waals surface area (Å²) in [4.78, 5) is 46.1. The molecule has 0 saturated carbocycles. The number of hydrogen-bond acceptors (Lipinski definition) is 8. The molecule has 0 saturated heterocycles. The second-order valence-corrected chi connectivity index (χ2v) is 18.8. The van der Waals surface area contributed by atoms with E-state index in [4.69, 9.17) is 13.8 Å². The SMILES string of the molecule is CCCCCCCCCCCCCCCCCCCCC(=O)NC(COP(=O)(O)OCC(O)COC(=O)CCCCCCCCCCCCCCCCCCCC)C(=O)O. The lowest BCUT2D eigenvalue weighted by Crippen LogP contribution is -2.43. The fourth-order valence-corrected chi connectivity index (χ4v) is 8.27. The van der Waals surface area contributed by atoms with Gasteiger partial charge in [-0.2, -0.15) is 0 Å². The third kappa shape index (κ3) is 43.1. The minimum atomic E-state index is -4.75. The van der Waals surface area contributed by atoms with E-state index in [0.717, 1.165) is 38.5 Å². The second-order valence-electron chi connectivity index (χ2n) is 17.4. The molecule has 0 aliphatic rings. The fraction of sp³-hybridized carbons (Fsp3) is 0.938. The lowest BCUT2D eigenvalue weighted by atomic mass is 10.0. The molecule has 0 radical (unpaired) electrons. The maximum absolute atomic E-state index is 12.3. The Morgan fingerprint density at radius 3 is 1.10 bits per heavy atom. The predicted octanol–water partition coefficient (Wildman–Crippen LogP) is 13.5. The van der Waals surface area contributed by atoms with Gasteiger partial charge >= 0.3 is 19.8 Å². The Kier molecular flexibility index (Phi) is 43.0. The number of hydrogen-bond donors (Lipinski definition) is 4. The number of carbonyl (C=O) groups is 3. The number of unbranched alkanes of at least 4 members (excludes halogenated alkanes) is 34. The number of amides is 1. The number of carboxylic acid groups (broad SMARTS) is 1. The number of phosphoric acid groups is 1. The fourth-order valence-electron chi connectivity index (χ4n) is 7.50. The maximum Gasteiger partial charge on any atom is 0.472 e. The van der Waals surface area contributed by atoms with E-state index in [1.54, 1.807) is 0 Å². The van der Waals surface area contributed by atoms with E-state index in [2.05, 4.69) is 19.2 Å². The molecule has 60 heavy (non-hydrogen) atoms. The largest absolute Gasteiger partial charge is 0.480 e. The smallest absolute Gasteiger partial charge is 0.472 e. The molecule has 0 aliphatic carbocycles. The van der Waals surface area contributed by atoms with Gasteiger partial charge in [-0.05, 0) is 12.8 Å². The van der Waals surface area contributed by atoms with Crippen LogP contribution >= 0.6 is 7.82 Å². The van der Waals surface area contributed by atoms with Crippen molar-refractivity contribution in [2.45, 2.75) is 270 Å². The van der Waals surface area contributed by atoms with Gasteiger partial charge in [0.1, 0.15) is 12.7 Å². The Morgan fingerprint density at radius 1 is 0.467 bits per heavy atom. The summed E-state index contributed by atoms with van der Waals surface area (Å²) < 4.78 is 26.9. The molecule has 11 nitrogen and oxygen atoms in total. The molecular weight excluding hydrogens is 781 g/mol. The molecule has 0 heterocycles. The van der Waals surface area contributed by atoms with Crippen LogP contribution in [-0.2, 0) is 32.7 Å². The number of ether oxygens (including phenoxy) is 1. The molecule has 12 heteroatoms. The first kappa shape index (κ1) is 58.5. The minimum Gasteiger partial charge on any atom is -0.480 e. The van der Waals surface area contributed by atoms with Crippen LogP contribution in [0.15, 0.2) is 0 Å². The van der Waals surface area contributed by atoms with Crippen molar-refractivity contribution in [3.8, 4) is 0 Å². The van der Waals surface area contributed by atoms with Gasteiger partial charge in [0.2, 0.25) is 5.91 Å². The van der Waals surface area contributed by atoms with Crippen LogP contribution in [0.1, 0.15) is 258 Å². The molecule has 0 aromatic carbocycles. The van der Waals surface area contributed by atoms with Crippen molar-refractivity contribution >= 4 is 25.7 Å². The first-order chi connectivity index (χ1) is 29.1.